The smallest absolute Gasteiger partial charge is 0.282 e. The van der Waals surface area contributed by atoms with Gasteiger partial charge in [-0.15, -0.1) is 0 Å². The molecule has 0 atom stereocenters. The van der Waals surface area contributed by atoms with Crippen molar-refractivity contribution in [3.05, 3.63) is 23.5 Å². The van der Waals surface area contributed by atoms with Gasteiger partial charge in [0.05, 0.1) is 0 Å². The van der Waals surface area contributed by atoms with Crippen LogP contribution in [0.1, 0.15) is 0 Å². The Hall–Kier alpha value is 0.350. The first kappa shape index (κ1) is 12.3. The summed E-state index contributed by atoms with van der Waals surface area (Å²) in [5.74, 6) is 0. The molecule has 0 aliphatic carbocycles. The van der Waals surface area contributed by atoms with Crippen LogP contribution in [0.25, 0.3) is 0 Å². The van der Waals surface area contributed by atoms with Gasteiger partial charge in [-0.05, 0) is 12.1 Å². The summed E-state index contributed by atoms with van der Waals surface area (Å²) < 4.78 is 29.3. The van der Waals surface area contributed by atoms with E-state index in [0.717, 1.165) is 6.20 Å². The Morgan fingerprint density at radius 1 is 1.42 bits per heavy atom. The Labute approximate surface area is 97.0 Å². The first-order chi connectivity index (χ1) is 5.00. The first-order valence-electron chi connectivity index (χ1n) is 2.59. The quantitative estimate of drug-likeness (QED) is 0.424. The third-order valence-corrected chi connectivity index (χ3v) is 2.06. The molecule has 1 aromatic rings. The second-order valence-electron chi connectivity index (χ2n) is 1.79. The number of hydrogen-bond acceptors (Lipinski definition) is 3. The van der Waals surface area contributed by atoms with E-state index in [0.29, 0.717) is 0 Å². The van der Waals surface area contributed by atoms with Crippen molar-refractivity contribution >= 4 is 51.3 Å². The van der Waals surface area contributed by atoms with Gasteiger partial charge >= 0.3 is 0 Å². The van der Waals surface area contributed by atoms with E-state index in [9.17, 15) is 8.42 Å². The molecule has 0 aliphatic heterocycles. The molecule has 1 N–H and O–H groups in total. The molecule has 4 nitrogen and oxygen atoms in total. The van der Waals surface area contributed by atoms with Crippen molar-refractivity contribution in [2.24, 2.45) is 0 Å². The van der Waals surface area contributed by atoms with Crippen LogP contribution in [0.15, 0.2) is 23.2 Å². The van der Waals surface area contributed by atoms with Gasteiger partial charge in [-0.2, -0.15) is 8.42 Å². The van der Waals surface area contributed by atoms with Crippen molar-refractivity contribution in [3.8, 4) is 0 Å². The summed E-state index contributed by atoms with van der Waals surface area (Å²) in [5, 5.41) is 0.178. The van der Waals surface area contributed by atoms with Crippen LogP contribution in [0.3, 0.4) is 0 Å². The van der Waals surface area contributed by atoms with E-state index in [2.05, 4.69) is 4.98 Å². The zero-order chi connectivity index (χ0) is 8.48. The van der Waals surface area contributed by atoms with Crippen LogP contribution in [0, 0.1) is 0 Å². The van der Waals surface area contributed by atoms with E-state index in [-0.39, 0.29) is 39.6 Å². The Balaban J connectivity index is 0.00000121. The van der Waals surface area contributed by atoms with Gasteiger partial charge in [0.15, 0.2) is 0 Å². The molecular weight excluding hydrogens is 213 g/mol. The Morgan fingerprint density at radius 2 is 2.00 bits per heavy atom. The summed E-state index contributed by atoms with van der Waals surface area (Å²) in [6, 6.07) is 2.45. The van der Waals surface area contributed by atoms with Crippen molar-refractivity contribution < 1.29 is 13.0 Å². The average molecular weight is 217 g/mol. The number of nitrogens with zero attached hydrogens (tertiary/aromatic N) is 1. The molecule has 1 aromatic heterocycles. The zero-order valence-corrected chi connectivity index (χ0v) is 9.80. The minimum Gasteiger partial charge on any atom is -0.282 e. The van der Waals surface area contributed by atoms with Crippen LogP contribution in [0.5, 0.6) is 0 Å². The van der Waals surface area contributed by atoms with Crippen molar-refractivity contribution in [3.63, 3.8) is 0 Å². The van der Waals surface area contributed by atoms with Crippen LogP contribution in [-0.4, -0.2) is 47.5 Å². The number of halogens is 1. The maximum Gasteiger partial charge on any atom is 0.296 e. The molecule has 12 heavy (non-hydrogen) atoms. The third-order valence-electron chi connectivity index (χ3n) is 0.998. The fraction of sp³-hybridized carbons (Fsp3) is 0. The summed E-state index contributed by atoms with van der Waals surface area (Å²) in [7, 11) is -4.14. The van der Waals surface area contributed by atoms with E-state index in [1.165, 1.54) is 12.1 Å². The van der Waals surface area contributed by atoms with E-state index < -0.39 is 10.1 Å². The van der Waals surface area contributed by atoms with E-state index >= 15 is 0 Å². The maximum absolute atomic E-state index is 10.4. The summed E-state index contributed by atoms with van der Waals surface area (Å²) >= 11 is 5.37. The van der Waals surface area contributed by atoms with Crippen molar-refractivity contribution in [2.45, 2.75) is 4.90 Å². The molecule has 1 rings (SSSR count). The van der Waals surface area contributed by atoms with Gasteiger partial charge in [0.1, 0.15) is 10.0 Å². The van der Waals surface area contributed by atoms with Gasteiger partial charge in [0, 0.05) is 35.8 Å². The topological polar surface area (TPSA) is 67.3 Å². The summed E-state index contributed by atoms with van der Waals surface area (Å²) in [6.07, 6.45) is 0.984. The van der Waals surface area contributed by atoms with Crippen molar-refractivity contribution in [1.29, 1.82) is 0 Å². The monoisotopic (exact) mass is 216 g/mol. The molecule has 0 bridgehead atoms. The van der Waals surface area contributed by atoms with Crippen LogP contribution in [-0.2, 0) is 10.1 Å². The Morgan fingerprint density at radius 3 is 2.33 bits per heavy atom. The summed E-state index contributed by atoms with van der Waals surface area (Å²) in [6.45, 7) is 0. The molecule has 0 amide bonds. The van der Waals surface area contributed by atoms with Crippen LogP contribution < -0.4 is 0 Å². The molecular formula is C5H4ClNNaO3S. The van der Waals surface area contributed by atoms with Crippen molar-refractivity contribution in [2.75, 3.05) is 0 Å². The second-order valence-corrected chi connectivity index (χ2v) is 3.60. The normalized spacial score (nSPS) is 10.5. The molecule has 0 fully saturated rings. The number of rotatable bonds is 1. The Kier molecular flexibility index (Phi) is 4.68. The zero-order valence-electron chi connectivity index (χ0n) is 6.23. The van der Waals surface area contributed by atoms with Gasteiger partial charge in [0.25, 0.3) is 10.1 Å². The number of hydrogen-bond donors (Lipinski definition) is 1. The predicted octanol–water partition coefficient (Wildman–Crippen LogP) is 0.601. The fourth-order valence-corrected chi connectivity index (χ4v) is 1.05. The predicted molar refractivity (Wildman–Crippen MR) is 44.8 cm³/mol. The molecule has 0 saturated heterocycles. The molecule has 1 heterocycles. The summed E-state index contributed by atoms with van der Waals surface area (Å²) in [5.41, 5.74) is 0. The average Bonchev–Trinajstić information content (AvgIpc) is 1.86. The third kappa shape index (κ3) is 3.38. The van der Waals surface area contributed by atoms with Gasteiger partial charge in [0.2, 0.25) is 0 Å². The van der Waals surface area contributed by atoms with Crippen LogP contribution >= 0.6 is 11.6 Å². The molecule has 61 valence electrons. The molecule has 0 aromatic carbocycles. The molecule has 0 aliphatic rings. The standard InChI is InChI=1S/C5H4ClNO3S.Na/c6-5-2-1-4(3-7-5)11(8,9)10;/h1-3H,(H,8,9,10);. The minimum atomic E-state index is -4.14. The molecule has 1 radical (unpaired) electrons. The second kappa shape index (κ2) is 4.55. The number of pyridine rings is 1. The van der Waals surface area contributed by atoms with Gasteiger partial charge in [-0.3, -0.25) is 4.55 Å². The van der Waals surface area contributed by atoms with Gasteiger partial charge < -0.3 is 0 Å². The summed E-state index contributed by atoms with van der Waals surface area (Å²) in [4.78, 5) is 3.21. The Bertz CT molecular complexity index is 349. The van der Waals surface area contributed by atoms with Crippen LogP contribution in [0.4, 0.5) is 0 Å². The maximum atomic E-state index is 10.4. The van der Waals surface area contributed by atoms with Crippen molar-refractivity contribution in [1.82, 2.24) is 4.98 Å². The van der Waals surface area contributed by atoms with E-state index in [4.69, 9.17) is 16.2 Å². The van der Waals surface area contributed by atoms with Crippen LogP contribution in [0.2, 0.25) is 5.15 Å². The molecule has 0 saturated carbocycles. The minimum absolute atomic E-state index is 0. The van der Waals surface area contributed by atoms with E-state index in [1.54, 1.807) is 0 Å². The van der Waals surface area contributed by atoms with Gasteiger partial charge in [-0.1, -0.05) is 11.6 Å². The molecule has 0 spiro atoms. The van der Waals surface area contributed by atoms with E-state index in [1.807, 2.05) is 0 Å². The number of aromatic nitrogens is 1. The first-order valence-corrected chi connectivity index (χ1v) is 4.41. The molecule has 7 heteroatoms. The largest absolute Gasteiger partial charge is 0.296 e. The SMILES string of the molecule is O=S(=O)(O)c1ccc(Cl)nc1.[Na]. The van der Waals surface area contributed by atoms with Gasteiger partial charge in [-0.25, -0.2) is 4.98 Å². The molecule has 0 unspecified atom stereocenters. The fourth-order valence-electron chi connectivity index (χ4n) is 0.515.